The minimum absolute atomic E-state index is 0.0965. The molecule has 4 rings (SSSR count). The van der Waals surface area contributed by atoms with E-state index in [9.17, 15) is 9.18 Å². The standard InChI is InChI=1S/C22H23FN4OS/c1-16-5-2-3-6-19(16)21(28)26-11-4-12-27(14-13-26)22-24-20(25-29-22)15-17-7-9-18(23)10-8-17/h2-3,5-10H,4,11-15H2,1H3. The van der Waals surface area contributed by atoms with Crippen molar-refractivity contribution < 1.29 is 9.18 Å². The average molecular weight is 411 g/mol. The van der Waals surface area contributed by atoms with Gasteiger partial charge in [0.1, 0.15) is 11.6 Å². The number of nitrogens with zero attached hydrogens (tertiary/aromatic N) is 4. The first-order valence-corrected chi connectivity index (χ1v) is 10.5. The van der Waals surface area contributed by atoms with Crippen LogP contribution in [0.2, 0.25) is 0 Å². The van der Waals surface area contributed by atoms with Crippen LogP contribution < -0.4 is 4.90 Å². The highest BCUT2D eigenvalue weighted by Gasteiger charge is 2.23. The molecule has 0 saturated carbocycles. The van der Waals surface area contributed by atoms with Gasteiger partial charge in [-0.1, -0.05) is 30.3 Å². The summed E-state index contributed by atoms with van der Waals surface area (Å²) in [5.41, 5.74) is 2.77. The lowest BCUT2D eigenvalue weighted by molar-refractivity contribution is 0.0766. The Morgan fingerprint density at radius 3 is 2.66 bits per heavy atom. The molecular formula is C22H23FN4OS. The first-order chi connectivity index (χ1) is 14.1. The zero-order chi connectivity index (χ0) is 20.2. The molecule has 150 valence electrons. The van der Waals surface area contributed by atoms with Crippen LogP contribution in [0.15, 0.2) is 48.5 Å². The van der Waals surface area contributed by atoms with Gasteiger partial charge in [-0.15, -0.1) is 0 Å². The zero-order valence-electron chi connectivity index (χ0n) is 16.3. The van der Waals surface area contributed by atoms with E-state index in [0.717, 1.165) is 53.7 Å². The summed E-state index contributed by atoms with van der Waals surface area (Å²) >= 11 is 1.38. The third kappa shape index (κ3) is 4.62. The number of amides is 1. The number of carbonyl (C=O) groups is 1. The molecule has 1 aromatic heterocycles. The van der Waals surface area contributed by atoms with Gasteiger partial charge in [0.05, 0.1) is 0 Å². The second kappa shape index (κ2) is 8.69. The van der Waals surface area contributed by atoms with E-state index in [2.05, 4.69) is 14.3 Å². The molecule has 5 nitrogen and oxygen atoms in total. The van der Waals surface area contributed by atoms with Gasteiger partial charge >= 0.3 is 0 Å². The van der Waals surface area contributed by atoms with Crippen molar-refractivity contribution in [3.8, 4) is 0 Å². The van der Waals surface area contributed by atoms with Crippen molar-refractivity contribution in [2.45, 2.75) is 19.8 Å². The number of hydrogen-bond donors (Lipinski definition) is 0. The number of carbonyl (C=O) groups excluding carboxylic acids is 1. The van der Waals surface area contributed by atoms with Crippen LogP contribution in [-0.4, -0.2) is 46.3 Å². The van der Waals surface area contributed by atoms with Crippen LogP contribution in [-0.2, 0) is 6.42 Å². The number of aromatic nitrogens is 2. The molecule has 29 heavy (non-hydrogen) atoms. The summed E-state index contributed by atoms with van der Waals surface area (Å²) in [4.78, 5) is 21.7. The van der Waals surface area contributed by atoms with Crippen molar-refractivity contribution in [3.63, 3.8) is 0 Å². The van der Waals surface area contributed by atoms with Crippen LogP contribution in [0, 0.1) is 12.7 Å². The van der Waals surface area contributed by atoms with Crippen LogP contribution in [0.5, 0.6) is 0 Å². The van der Waals surface area contributed by atoms with Crippen LogP contribution in [0.3, 0.4) is 0 Å². The predicted molar refractivity (Wildman–Crippen MR) is 113 cm³/mol. The number of aryl methyl sites for hydroxylation is 1. The maximum atomic E-state index is 13.1. The van der Waals surface area contributed by atoms with Crippen molar-refractivity contribution >= 4 is 22.6 Å². The largest absolute Gasteiger partial charge is 0.345 e. The smallest absolute Gasteiger partial charge is 0.254 e. The highest BCUT2D eigenvalue weighted by atomic mass is 32.1. The lowest BCUT2D eigenvalue weighted by Crippen LogP contribution is -2.35. The molecule has 2 aromatic carbocycles. The number of hydrogen-bond acceptors (Lipinski definition) is 5. The number of benzene rings is 2. The van der Waals surface area contributed by atoms with Gasteiger partial charge in [0, 0.05) is 49.7 Å². The molecule has 3 aromatic rings. The fourth-order valence-corrected chi connectivity index (χ4v) is 4.26. The Morgan fingerprint density at radius 1 is 1.07 bits per heavy atom. The Bertz CT molecular complexity index is 988. The van der Waals surface area contributed by atoms with E-state index >= 15 is 0 Å². The van der Waals surface area contributed by atoms with E-state index < -0.39 is 0 Å². The average Bonchev–Trinajstić information content (AvgIpc) is 3.04. The van der Waals surface area contributed by atoms with Gasteiger partial charge in [-0.3, -0.25) is 4.79 Å². The van der Waals surface area contributed by atoms with E-state index in [1.54, 1.807) is 12.1 Å². The lowest BCUT2D eigenvalue weighted by atomic mass is 10.1. The maximum absolute atomic E-state index is 13.1. The summed E-state index contributed by atoms with van der Waals surface area (Å²) in [6.45, 7) is 4.97. The molecule has 0 spiro atoms. The van der Waals surface area contributed by atoms with Crippen LogP contribution in [0.4, 0.5) is 9.52 Å². The third-order valence-electron chi connectivity index (χ3n) is 5.16. The Morgan fingerprint density at radius 2 is 1.86 bits per heavy atom. The summed E-state index contributed by atoms with van der Waals surface area (Å²) in [7, 11) is 0. The molecule has 0 bridgehead atoms. The first-order valence-electron chi connectivity index (χ1n) is 9.77. The second-order valence-corrected chi connectivity index (χ2v) is 7.97. The normalized spacial score (nSPS) is 14.7. The molecule has 1 aliphatic heterocycles. The summed E-state index contributed by atoms with van der Waals surface area (Å²) in [5.74, 6) is 0.600. The van der Waals surface area contributed by atoms with Crippen molar-refractivity contribution in [2.75, 3.05) is 31.1 Å². The van der Waals surface area contributed by atoms with E-state index in [4.69, 9.17) is 0 Å². The van der Waals surface area contributed by atoms with Gasteiger partial charge in [0.25, 0.3) is 5.91 Å². The van der Waals surface area contributed by atoms with Crippen molar-refractivity contribution in [1.82, 2.24) is 14.3 Å². The molecule has 1 saturated heterocycles. The summed E-state index contributed by atoms with van der Waals surface area (Å²) in [6, 6.07) is 14.2. The molecule has 0 atom stereocenters. The number of anilines is 1. The van der Waals surface area contributed by atoms with Gasteiger partial charge in [0.15, 0.2) is 0 Å². The second-order valence-electron chi connectivity index (χ2n) is 7.24. The van der Waals surface area contributed by atoms with E-state index in [0.29, 0.717) is 13.0 Å². The van der Waals surface area contributed by atoms with Gasteiger partial charge < -0.3 is 9.80 Å². The SMILES string of the molecule is Cc1ccccc1C(=O)N1CCCN(c2nc(Cc3ccc(F)cc3)ns2)CC1. The third-order valence-corrected chi connectivity index (χ3v) is 5.98. The fourth-order valence-electron chi connectivity index (χ4n) is 3.52. The highest BCUT2D eigenvalue weighted by molar-refractivity contribution is 7.09. The van der Waals surface area contributed by atoms with Gasteiger partial charge in [-0.25, -0.2) is 9.37 Å². The monoisotopic (exact) mass is 410 g/mol. The van der Waals surface area contributed by atoms with Crippen LogP contribution in [0.1, 0.15) is 33.7 Å². The van der Waals surface area contributed by atoms with Crippen LogP contribution >= 0.6 is 11.5 Å². The Labute approximate surface area is 174 Å². The molecule has 2 heterocycles. The van der Waals surface area contributed by atoms with Crippen molar-refractivity contribution in [1.29, 1.82) is 0 Å². The number of rotatable bonds is 4. The Kier molecular flexibility index (Phi) is 5.85. The van der Waals surface area contributed by atoms with Crippen molar-refractivity contribution in [3.05, 3.63) is 76.9 Å². The molecule has 0 unspecified atom stereocenters. The maximum Gasteiger partial charge on any atom is 0.254 e. The molecule has 0 N–H and O–H groups in total. The molecule has 1 amide bonds. The first kappa shape index (κ1) is 19.5. The molecule has 0 aliphatic carbocycles. The van der Waals surface area contributed by atoms with Gasteiger partial charge in [0.2, 0.25) is 5.13 Å². The Balaban J connectivity index is 1.40. The lowest BCUT2D eigenvalue weighted by Gasteiger charge is -2.22. The van der Waals surface area contributed by atoms with Crippen LogP contribution in [0.25, 0.3) is 0 Å². The summed E-state index contributed by atoms with van der Waals surface area (Å²) in [6.07, 6.45) is 1.48. The topological polar surface area (TPSA) is 49.3 Å². The zero-order valence-corrected chi connectivity index (χ0v) is 17.2. The quantitative estimate of drug-likeness (QED) is 0.654. The molecule has 7 heteroatoms. The van der Waals surface area contributed by atoms with E-state index in [1.165, 1.54) is 23.7 Å². The molecule has 0 radical (unpaired) electrons. The number of halogens is 1. The van der Waals surface area contributed by atoms with Gasteiger partial charge in [-0.05, 0) is 42.7 Å². The van der Waals surface area contributed by atoms with E-state index in [-0.39, 0.29) is 11.7 Å². The highest BCUT2D eigenvalue weighted by Crippen LogP contribution is 2.21. The fraction of sp³-hybridized carbons (Fsp3) is 0.318. The minimum atomic E-state index is -0.241. The molecule has 1 aliphatic rings. The summed E-state index contributed by atoms with van der Waals surface area (Å²) < 4.78 is 17.5. The van der Waals surface area contributed by atoms with Crippen molar-refractivity contribution in [2.24, 2.45) is 0 Å². The minimum Gasteiger partial charge on any atom is -0.345 e. The Hall–Kier alpha value is -2.80. The summed E-state index contributed by atoms with van der Waals surface area (Å²) in [5, 5.41) is 0.882. The van der Waals surface area contributed by atoms with E-state index in [1.807, 2.05) is 36.1 Å². The predicted octanol–water partition coefficient (Wildman–Crippen LogP) is 3.93. The molecule has 1 fully saturated rings. The van der Waals surface area contributed by atoms with Gasteiger partial charge in [-0.2, -0.15) is 4.37 Å². The molecular weight excluding hydrogens is 387 g/mol.